The summed E-state index contributed by atoms with van der Waals surface area (Å²) in [6.45, 7) is 0.723. The van der Waals surface area contributed by atoms with Crippen LogP contribution in [0, 0.1) is 0 Å². The van der Waals surface area contributed by atoms with Crippen molar-refractivity contribution >= 4 is 0 Å². The Kier molecular flexibility index (Phi) is 4.58. The fourth-order valence-electron chi connectivity index (χ4n) is 2.11. The summed E-state index contributed by atoms with van der Waals surface area (Å²) in [4.78, 5) is 0. The lowest BCUT2D eigenvalue weighted by Crippen LogP contribution is -2.54. The topological polar surface area (TPSA) is 47.9 Å². The van der Waals surface area contributed by atoms with Crippen LogP contribution in [0.25, 0.3) is 0 Å². The van der Waals surface area contributed by atoms with Crippen LogP contribution in [0.15, 0.2) is 24.3 Å². The predicted octanol–water partition coefficient (Wildman–Crippen LogP) is 1.40. The van der Waals surface area contributed by atoms with Crippen molar-refractivity contribution in [1.82, 2.24) is 0 Å². The standard InChI is InChI=1S/C14H20O4/c1-16-8-7-10-3-5-11(6-4-10)18-13-9-12(15)14(13)17-2/h3-6,12-15H,7-9H2,1-2H3. The molecule has 0 spiro atoms. The molecule has 0 amide bonds. The molecule has 18 heavy (non-hydrogen) atoms. The minimum atomic E-state index is -0.402. The summed E-state index contributed by atoms with van der Waals surface area (Å²) in [5.74, 6) is 0.815. The average Bonchev–Trinajstić information content (AvgIpc) is 2.37. The third kappa shape index (κ3) is 3.02. The Morgan fingerprint density at radius 1 is 1.22 bits per heavy atom. The average molecular weight is 252 g/mol. The number of benzene rings is 1. The molecular formula is C14H20O4. The van der Waals surface area contributed by atoms with E-state index in [-0.39, 0.29) is 12.2 Å². The number of methoxy groups -OCH3 is 2. The van der Waals surface area contributed by atoms with Crippen LogP contribution in [0.3, 0.4) is 0 Å². The lowest BCUT2D eigenvalue weighted by atomic mass is 9.88. The van der Waals surface area contributed by atoms with Crippen molar-refractivity contribution in [3.8, 4) is 5.75 Å². The molecule has 1 saturated carbocycles. The van der Waals surface area contributed by atoms with Crippen LogP contribution in [0.5, 0.6) is 5.75 Å². The monoisotopic (exact) mass is 252 g/mol. The van der Waals surface area contributed by atoms with Gasteiger partial charge in [-0.05, 0) is 24.1 Å². The number of ether oxygens (including phenoxy) is 3. The van der Waals surface area contributed by atoms with Crippen LogP contribution >= 0.6 is 0 Å². The van der Waals surface area contributed by atoms with Gasteiger partial charge in [0.2, 0.25) is 0 Å². The van der Waals surface area contributed by atoms with E-state index in [4.69, 9.17) is 14.2 Å². The van der Waals surface area contributed by atoms with Crippen molar-refractivity contribution in [2.24, 2.45) is 0 Å². The van der Waals surface area contributed by atoms with Gasteiger partial charge in [-0.2, -0.15) is 0 Å². The Labute approximate surface area is 107 Å². The number of aliphatic hydroxyl groups excluding tert-OH is 1. The first kappa shape index (κ1) is 13.3. The molecule has 1 aliphatic carbocycles. The van der Waals surface area contributed by atoms with Gasteiger partial charge in [-0.15, -0.1) is 0 Å². The summed E-state index contributed by atoms with van der Waals surface area (Å²) >= 11 is 0. The maximum Gasteiger partial charge on any atom is 0.130 e. The molecule has 3 atom stereocenters. The first-order valence-electron chi connectivity index (χ1n) is 6.20. The highest BCUT2D eigenvalue weighted by Crippen LogP contribution is 2.28. The van der Waals surface area contributed by atoms with E-state index in [0.29, 0.717) is 6.42 Å². The molecule has 0 radical (unpaired) electrons. The molecule has 0 saturated heterocycles. The van der Waals surface area contributed by atoms with E-state index in [0.717, 1.165) is 18.8 Å². The van der Waals surface area contributed by atoms with Gasteiger partial charge in [0.05, 0.1) is 12.7 Å². The highest BCUT2D eigenvalue weighted by molar-refractivity contribution is 5.28. The van der Waals surface area contributed by atoms with Crippen LogP contribution in [0.2, 0.25) is 0 Å². The van der Waals surface area contributed by atoms with Crippen molar-refractivity contribution in [1.29, 1.82) is 0 Å². The van der Waals surface area contributed by atoms with Crippen LogP contribution in [0.4, 0.5) is 0 Å². The van der Waals surface area contributed by atoms with Gasteiger partial charge in [-0.25, -0.2) is 0 Å². The van der Waals surface area contributed by atoms with Crippen LogP contribution < -0.4 is 4.74 Å². The van der Waals surface area contributed by atoms with Crippen LogP contribution in [-0.4, -0.2) is 44.2 Å². The molecule has 3 unspecified atom stereocenters. The third-order valence-electron chi connectivity index (χ3n) is 3.30. The van der Waals surface area contributed by atoms with Crippen molar-refractivity contribution < 1.29 is 19.3 Å². The number of aliphatic hydroxyl groups is 1. The normalized spacial score (nSPS) is 26.7. The summed E-state index contributed by atoms with van der Waals surface area (Å²) in [5.41, 5.74) is 1.22. The summed E-state index contributed by atoms with van der Waals surface area (Å²) in [5, 5.41) is 9.48. The van der Waals surface area contributed by atoms with Crippen molar-refractivity contribution in [3.05, 3.63) is 29.8 Å². The van der Waals surface area contributed by atoms with Gasteiger partial charge in [-0.3, -0.25) is 0 Å². The van der Waals surface area contributed by atoms with Gasteiger partial charge in [0.15, 0.2) is 0 Å². The van der Waals surface area contributed by atoms with Crippen LogP contribution in [-0.2, 0) is 15.9 Å². The highest BCUT2D eigenvalue weighted by Gasteiger charge is 2.42. The van der Waals surface area contributed by atoms with Gasteiger partial charge in [0, 0.05) is 20.6 Å². The molecule has 0 heterocycles. The second kappa shape index (κ2) is 6.18. The van der Waals surface area contributed by atoms with Gasteiger partial charge in [-0.1, -0.05) is 12.1 Å². The zero-order valence-corrected chi connectivity index (χ0v) is 10.8. The molecular weight excluding hydrogens is 232 g/mol. The maximum atomic E-state index is 9.48. The fourth-order valence-corrected chi connectivity index (χ4v) is 2.11. The van der Waals surface area contributed by atoms with Crippen molar-refractivity contribution in [3.63, 3.8) is 0 Å². The Balaban J connectivity index is 1.86. The van der Waals surface area contributed by atoms with E-state index in [1.54, 1.807) is 14.2 Å². The molecule has 4 nitrogen and oxygen atoms in total. The summed E-state index contributed by atoms with van der Waals surface area (Å²) in [6, 6.07) is 7.96. The first-order chi connectivity index (χ1) is 8.74. The molecule has 4 heteroatoms. The molecule has 1 N–H and O–H groups in total. The van der Waals surface area contributed by atoms with E-state index in [9.17, 15) is 5.11 Å². The molecule has 2 rings (SSSR count). The minimum absolute atomic E-state index is 0.0465. The van der Waals surface area contributed by atoms with E-state index >= 15 is 0 Å². The number of hydrogen-bond donors (Lipinski definition) is 1. The maximum absolute atomic E-state index is 9.48. The quantitative estimate of drug-likeness (QED) is 0.831. The SMILES string of the molecule is COCCc1ccc(OC2CC(O)C2OC)cc1. The first-order valence-corrected chi connectivity index (χ1v) is 6.20. The van der Waals surface area contributed by atoms with E-state index in [1.165, 1.54) is 5.56 Å². The molecule has 1 aromatic rings. The van der Waals surface area contributed by atoms with Gasteiger partial charge >= 0.3 is 0 Å². The number of hydrogen-bond acceptors (Lipinski definition) is 4. The number of rotatable bonds is 6. The molecule has 1 aromatic carbocycles. The lowest BCUT2D eigenvalue weighted by molar-refractivity contribution is -0.149. The van der Waals surface area contributed by atoms with Gasteiger partial charge < -0.3 is 19.3 Å². The largest absolute Gasteiger partial charge is 0.488 e. The zero-order valence-electron chi connectivity index (χ0n) is 10.8. The third-order valence-corrected chi connectivity index (χ3v) is 3.30. The molecule has 0 aromatic heterocycles. The van der Waals surface area contributed by atoms with E-state index in [2.05, 4.69) is 0 Å². The summed E-state index contributed by atoms with van der Waals surface area (Å²) in [7, 11) is 3.29. The van der Waals surface area contributed by atoms with Gasteiger partial charge in [0.25, 0.3) is 0 Å². The van der Waals surface area contributed by atoms with Gasteiger partial charge in [0.1, 0.15) is 18.0 Å². The summed E-state index contributed by atoms with van der Waals surface area (Å²) < 4.78 is 16.0. The van der Waals surface area contributed by atoms with E-state index in [1.807, 2.05) is 24.3 Å². The Bertz CT molecular complexity index is 363. The molecule has 1 aliphatic rings. The fraction of sp³-hybridized carbons (Fsp3) is 0.571. The lowest BCUT2D eigenvalue weighted by Gasteiger charge is -2.39. The van der Waals surface area contributed by atoms with E-state index < -0.39 is 6.10 Å². The molecule has 0 bridgehead atoms. The Morgan fingerprint density at radius 2 is 1.94 bits per heavy atom. The molecule has 100 valence electrons. The zero-order chi connectivity index (χ0) is 13.0. The highest BCUT2D eigenvalue weighted by atomic mass is 16.6. The van der Waals surface area contributed by atoms with Crippen molar-refractivity contribution in [2.75, 3.05) is 20.8 Å². The smallest absolute Gasteiger partial charge is 0.130 e. The Hall–Kier alpha value is -1.10. The summed E-state index contributed by atoms with van der Waals surface area (Å²) in [6.07, 6.45) is 0.873. The molecule has 1 fully saturated rings. The molecule has 0 aliphatic heterocycles. The van der Waals surface area contributed by atoms with Crippen molar-refractivity contribution in [2.45, 2.75) is 31.2 Å². The predicted molar refractivity (Wildman–Crippen MR) is 67.9 cm³/mol. The second-order valence-corrected chi connectivity index (χ2v) is 4.55. The minimum Gasteiger partial charge on any atom is -0.488 e. The van der Waals surface area contributed by atoms with Crippen LogP contribution in [0.1, 0.15) is 12.0 Å². The second-order valence-electron chi connectivity index (χ2n) is 4.55. The Morgan fingerprint density at radius 3 is 2.50 bits per heavy atom.